The van der Waals surface area contributed by atoms with E-state index in [0.717, 1.165) is 23.6 Å². The Labute approximate surface area is 130 Å². The molecule has 0 aliphatic heterocycles. The van der Waals surface area contributed by atoms with Gasteiger partial charge in [-0.2, -0.15) is 0 Å². The van der Waals surface area contributed by atoms with E-state index in [1.807, 2.05) is 37.3 Å². The molecule has 0 saturated heterocycles. The molecule has 1 heterocycles. The predicted octanol–water partition coefficient (Wildman–Crippen LogP) is 3.57. The first-order valence-corrected chi connectivity index (χ1v) is 7.16. The van der Waals surface area contributed by atoms with Gasteiger partial charge in [-0.1, -0.05) is 17.7 Å². The van der Waals surface area contributed by atoms with Gasteiger partial charge in [-0.25, -0.2) is 0 Å². The van der Waals surface area contributed by atoms with E-state index in [0.29, 0.717) is 23.9 Å². The molecule has 0 fully saturated rings. The van der Waals surface area contributed by atoms with Gasteiger partial charge in [0, 0.05) is 31.4 Å². The molecular formula is C16H19ClN2O2. The number of ether oxygens (including phenoxy) is 2. The Morgan fingerprint density at radius 2 is 2.14 bits per heavy atom. The van der Waals surface area contributed by atoms with E-state index in [-0.39, 0.29) is 0 Å². The number of hydrogen-bond donors (Lipinski definition) is 1. The van der Waals surface area contributed by atoms with Gasteiger partial charge in [0.2, 0.25) is 0 Å². The molecule has 2 rings (SSSR count). The van der Waals surface area contributed by atoms with Crippen molar-refractivity contribution in [2.24, 2.45) is 0 Å². The van der Waals surface area contributed by atoms with Crippen LogP contribution in [0.15, 0.2) is 36.5 Å². The second-order valence-electron chi connectivity index (χ2n) is 4.61. The lowest BCUT2D eigenvalue weighted by Gasteiger charge is -2.10. The first-order valence-electron chi connectivity index (χ1n) is 6.78. The maximum atomic E-state index is 6.28. The van der Waals surface area contributed by atoms with Crippen molar-refractivity contribution in [1.29, 1.82) is 0 Å². The highest BCUT2D eigenvalue weighted by Crippen LogP contribution is 2.27. The number of methoxy groups -OCH3 is 1. The van der Waals surface area contributed by atoms with Crippen LogP contribution in [0.1, 0.15) is 11.3 Å². The summed E-state index contributed by atoms with van der Waals surface area (Å²) in [6, 6.07) is 9.42. The van der Waals surface area contributed by atoms with Crippen LogP contribution in [-0.4, -0.2) is 25.2 Å². The van der Waals surface area contributed by atoms with Crippen LogP contribution in [0.25, 0.3) is 0 Å². The van der Waals surface area contributed by atoms with Gasteiger partial charge < -0.3 is 14.8 Å². The summed E-state index contributed by atoms with van der Waals surface area (Å²) in [6.45, 7) is 4.08. The third-order valence-corrected chi connectivity index (χ3v) is 3.36. The normalized spacial score (nSPS) is 10.6. The Hall–Kier alpha value is -1.62. The first-order chi connectivity index (χ1) is 10.2. The number of pyridine rings is 1. The van der Waals surface area contributed by atoms with E-state index in [2.05, 4.69) is 10.3 Å². The molecule has 0 atom stereocenters. The van der Waals surface area contributed by atoms with Gasteiger partial charge in [0.15, 0.2) is 0 Å². The fraction of sp³-hybridized carbons (Fsp3) is 0.312. The van der Waals surface area contributed by atoms with E-state index >= 15 is 0 Å². The largest absolute Gasteiger partial charge is 0.455 e. The Morgan fingerprint density at radius 3 is 2.86 bits per heavy atom. The highest BCUT2D eigenvalue weighted by molar-refractivity contribution is 6.31. The summed E-state index contributed by atoms with van der Waals surface area (Å²) in [5.41, 5.74) is 1.88. The van der Waals surface area contributed by atoms with Gasteiger partial charge in [-0.05, 0) is 36.8 Å². The lowest BCUT2D eigenvalue weighted by molar-refractivity contribution is 0.199. The average Bonchev–Trinajstić information content (AvgIpc) is 2.48. The molecular weight excluding hydrogens is 288 g/mol. The van der Waals surface area contributed by atoms with Crippen LogP contribution in [0.4, 0.5) is 0 Å². The molecule has 4 nitrogen and oxygen atoms in total. The van der Waals surface area contributed by atoms with Crippen molar-refractivity contribution < 1.29 is 9.47 Å². The molecule has 2 aromatic rings. The highest BCUT2D eigenvalue weighted by atomic mass is 35.5. The monoisotopic (exact) mass is 306 g/mol. The number of aryl methyl sites for hydroxylation is 1. The minimum atomic E-state index is 0.680. The molecule has 1 aromatic carbocycles. The van der Waals surface area contributed by atoms with E-state index in [9.17, 15) is 0 Å². The minimum absolute atomic E-state index is 0.680. The summed E-state index contributed by atoms with van der Waals surface area (Å²) < 4.78 is 10.8. The number of rotatable bonds is 7. The van der Waals surface area contributed by atoms with E-state index < -0.39 is 0 Å². The van der Waals surface area contributed by atoms with Crippen molar-refractivity contribution in [1.82, 2.24) is 10.3 Å². The van der Waals surface area contributed by atoms with Gasteiger partial charge in [0.25, 0.3) is 0 Å². The maximum Gasteiger partial charge on any atom is 0.148 e. The summed E-state index contributed by atoms with van der Waals surface area (Å²) >= 11 is 6.28. The predicted molar refractivity (Wildman–Crippen MR) is 84.1 cm³/mol. The summed E-state index contributed by atoms with van der Waals surface area (Å²) in [5, 5.41) is 3.94. The first kappa shape index (κ1) is 15.8. The molecule has 1 aromatic heterocycles. The highest BCUT2D eigenvalue weighted by Gasteiger charge is 2.05. The van der Waals surface area contributed by atoms with Crippen LogP contribution in [0, 0.1) is 6.92 Å². The molecule has 0 amide bonds. The van der Waals surface area contributed by atoms with Crippen LogP contribution in [0.3, 0.4) is 0 Å². The van der Waals surface area contributed by atoms with Gasteiger partial charge in [-0.15, -0.1) is 0 Å². The molecule has 0 unspecified atom stereocenters. The third-order valence-electron chi connectivity index (χ3n) is 3.01. The molecule has 0 spiro atoms. The fourth-order valence-electron chi connectivity index (χ4n) is 1.84. The summed E-state index contributed by atoms with van der Waals surface area (Å²) in [7, 11) is 1.68. The van der Waals surface area contributed by atoms with Crippen LogP contribution >= 0.6 is 11.6 Å². The summed E-state index contributed by atoms with van der Waals surface area (Å²) in [6.07, 6.45) is 1.74. The third kappa shape index (κ3) is 4.70. The molecule has 21 heavy (non-hydrogen) atoms. The van der Waals surface area contributed by atoms with E-state index in [1.54, 1.807) is 13.3 Å². The summed E-state index contributed by atoms with van der Waals surface area (Å²) in [4.78, 5) is 4.19. The van der Waals surface area contributed by atoms with E-state index in [1.165, 1.54) is 0 Å². The van der Waals surface area contributed by atoms with Crippen molar-refractivity contribution in [2.75, 3.05) is 20.3 Å². The van der Waals surface area contributed by atoms with Crippen LogP contribution < -0.4 is 10.1 Å². The van der Waals surface area contributed by atoms with Gasteiger partial charge >= 0.3 is 0 Å². The van der Waals surface area contributed by atoms with E-state index in [4.69, 9.17) is 21.1 Å². The number of nitrogens with one attached hydrogen (secondary N) is 1. The molecule has 0 aliphatic rings. The molecule has 1 N–H and O–H groups in total. The number of halogens is 1. The molecule has 0 bridgehead atoms. The van der Waals surface area contributed by atoms with Crippen LogP contribution in [-0.2, 0) is 11.3 Å². The summed E-state index contributed by atoms with van der Waals surface area (Å²) in [5.74, 6) is 1.44. The maximum absolute atomic E-state index is 6.28. The van der Waals surface area contributed by atoms with Crippen molar-refractivity contribution in [3.8, 4) is 11.5 Å². The Balaban J connectivity index is 2.00. The van der Waals surface area contributed by atoms with Crippen molar-refractivity contribution in [2.45, 2.75) is 13.5 Å². The molecule has 0 radical (unpaired) electrons. The number of aromatic nitrogens is 1. The second kappa shape index (κ2) is 7.98. The quantitative estimate of drug-likeness (QED) is 0.794. The van der Waals surface area contributed by atoms with Crippen molar-refractivity contribution in [3.63, 3.8) is 0 Å². The molecule has 0 aliphatic carbocycles. The molecule has 0 saturated carbocycles. The Morgan fingerprint density at radius 1 is 1.29 bits per heavy atom. The van der Waals surface area contributed by atoms with Crippen molar-refractivity contribution in [3.05, 3.63) is 52.8 Å². The smallest absolute Gasteiger partial charge is 0.148 e. The lowest BCUT2D eigenvalue weighted by atomic mass is 10.2. The lowest BCUT2D eigenvalue weighted by Crippen LogP contribution is -2.18. The van der Waals surface area contributed by atoms with Crippen molar-refractivity contribution >= 4 is 11.6 Å². The van der Waals surface area contributed by atoms with Gasteiger partial charge in [0.05, 0.1) is 12.3 Å². The fourth-order valence-corrected chi connectivity index (χ4v) is 2.07. The topological polar surface area (TPSA) is 43.4 Å². The zero-order valence-corrected chi connectivity index (χ0v) is 13.0. The number of hydrogen-bond acceptors (Lipinski definition) is 4. The van der Waals surface area contributed by atoms with Crippen LogP contribution in [0.2, 0.25) is 5.02 Å². The second-order valence-corrected chi connectivity index (χ2v) is 5.02. The molecule has 5 heteroatoms. The SMILES string of the molecule is COCCNCc1ccc(Oc2cccnc2C)cc1Cl. The Bertz CT molecular complexity index is 590. The van der Waals surface area contributed by atoms with Gasteiger partial charge in [0.1, 0.15) is 11.5 Å². The van der Waals surface area contributed by atoms with Crippen LogP contribution in [0.5, 0.6) is 11.5 Å². The average molecular weight is 307 g/mol. The standard InChI is InChI=1S/C16H19ClN2O2/c1-12-16(4-3-7-19-12)21-14-6-5-13(15(17)10-14)11-18-8-9-20-2/h3-7,10,18H,8-9,11H2,1-2H3. The molecule has 112 valence electrons. The zero-order valence-electron chi connectivity index (χ0n) is 12.2. The van der Waals surface area contributed by atoms with Gasteiger partial charge in [-0.3, -0.25) is 4.98 Å². The number of nitrogens with zero attached hydrogens (tertiary/aromatic N) is 1. The zero-order chi connectivity index (χ0) is 15.1. The minimum Gasteiger partial charge on any atom is -0.455 e. The Kier molecular flexibility index (Phi) is 5.99. The number of benzene rings is 1.